The minimum Gasteiger partial charge on any atom is -0.306 e. The largest absolute Gasteiger partial charge is 0.306 e. The molecular weight excluding hydrogens is 232 g/mol. The Hall–Kier alpha value is -1.80. The average Bonchev–Trinajstić information content (AvgIpc) is 2.82. The minimum atomic E-state index is 0.518. The van der Waals surface area contributed by atoms with E-state index >= 15 is 0 Å². The van der Waals surface area contributed by atoms with Gasteiger partial charge in [0.15, 0.2) is 0 Å². The summed E-state index contributed by atoms with van der Waals surface area (Å²) >= 11 is 5.81. The number of halogens is 1. The molecule has 0 fully saturated rings. The number of nitrogens with zero attached hydrogens (tertiary/aromatic N) is 2. The number of imidazole rings is 1. The Morgan fingerprint density at radius 2 is 1.94 bits per heavy atom. The first-order chi connectivity index (χ1) is 8.36. The van der Waals surface area contributed by atoms with E-state index in [9.17, 15) is 0 Å². The first kappa shape index (κ1) is 10.4. The van der Waals surface area contributed by atoms with Crippen LogP contribution in [0.15, 0.2) is 54.9 Å². The van der Waals surface area contributed by atoms with Crippen LogP contribution in [0.2, 0.25) is 0 Å². The van der Waals surface area contributed by atoms with Crippen molar-refractivity contribution in [3.05, 3.63) is 60.4 Å². The zero-order chi connectivity index (χ0) is 11.7. The van der Waals surface area contributed by atoms with Gasteiger partial charge in [-0.3, -0.25) is 0 Å². The van der Waals surface area contributed by atoms with Crippen LogP contribution < -0.4 is 0 Å². The number of rotatable bonds is 2. The van der Waals surface area contributed by atoms with Crippen LogP contribution in [0.4, 0.5) is 0 Å². The van der Waals surface area contributed by atoms with Crippen molar-refractivity contribution in [2.75, 3.05) is 0 Å². The molecule has 2 heterocycles. The summed E-state index contributed by atoms with van der Waals surface area (Å²) in [4.78, 5) is 4.60. The zero-order valence-electron chi connectivity index (χ0n) is 9.18. The van der Waals surface area contributed by atoms with Crippen LogP contribution >= 0.6 is 11.6 Å². The highest BCUT2D eigenvalue weighted by molar-refractivity contribution is 6.17. The van der Waals surface area contributed by atoms with Crippen molar-refractivity contribution in [3.63, 3.8) is 0 Å². The van der Waals surface area contributed by atoms with Crippen LogP contribution in [0.1, 0.15) is 5.56 Å². The Bertz CT molecular complexity index is 644. The van der Waals surface area contributed by atoms with Crippen molar-refractivity contribution in [1.82, 2.24) is 9.38 Å². The van der Waals surface area contributed by atoms with E-state index in [0.29, 0.717) is 5.88 Å². The smallest absolute Gasteiger partial charge is 0.137 e. The maximum atomic E-state index is 5.81. The van der Waals surface area contributed by atoms with E-state index in [2.05, 4.69) is 17.1 Å². The van der Waals surface area contributed by atoms with Crippen LogP contribution in [0.25, 0.3) is 16.9 Å². The van der Waals surface area contributed by atoms with Crippen molar-refractivity contribution in [2.45, 2.75) is 5.88 Å². The molecule has 1 aromatic carbocycles. The van der Waals surface area contributed by atoms with Gasteiger partial charge in [-0.05, 0) is 17.7 Å². The molecule has 2 aromatic heterocycles. The molecule has 0 saturated heterocycles. The van der Waals surface area contributed by atoms with Crippen LogP contribution in [0, 0.1) is 0 Å². The molecule has 0 bridgehead atoms. The summed E-state index contributed by atoms with van der Waals surface area (Å²) in [5.41, 5.74) is 4.13. The highest BCUT2D eigenvalue weighted by Gasteiger charge is 2.03. The lowest BCUT2D eigenvalue weighted by molar-refractivity contribution is 1.16. The quantitative estimate of drug-likeness (QED) is 0.626. The Morgan fingerprint density at radius 3 is 2.71 bits per heavy atom. The summed E-state index contributed by atoms with van der Waals surface area (Å²) in [6, 6.07) is 14.2. The van der Waals surface area contributed by atoms with E-state index in [1.807, 2.05) is 47.1 Å². The predicted octanol–water partition coefficient (Wildman–Crippen LogP) is 3.74. The normalized spacial score (nSPS) is 10.9. The van der Waals surface area contributed by atoms with Gasteiger partial charge in [0.05, 0.1) is 5.69 Å². The first-order valence-electron chi connectivity index (χ1n) is 5.46. The number of hydrogen-bond acceptors (Lipinski definition) is 1. The fourth-order valence-electron chi connectivity index (χ4n) is 1.86. The highest BCUT2D eigenvalue weighted by atomic mass is 35.5. The molecule has 84 valence electrons. The fraction of sp³-hybridized carbons (Fsp3) is 0.0714. The van der Waals surface area contributed by atoms with Gasteiger partial charge in [-0.25, -0.2) is 4.98 Å². The zero-order valence-corrected chi connectivity index (χ0v) is 9.93. The van der Waals surface area contributed by atoms with Crippen molar-refractivity contribution >= 4 is 17.2 Å². The Kier molecular flexibility index (Phi) is 2.57. The molecule has 0 unspecified atom stereocenters. The second kappa shape index (κ2) is 4.22. The highest BCUT2D eigenvalue weighted by Crippen LogP contribution is 2.19. The average molecular weight is 243 g/mol. The van der Waals surface area contributed by atoms with Gasteiger partial charge >= 0.3 is 0 Å². The maximum absolute atomic E-state index is 5.81. The fourth-order valence-corrected chi connectivity index (χ4v) is 2.02. The topological polar surface area (TPSA) is 17.3 Å². The molecule has 0 radical (unpaired) electrons. The van der Waals surface area contributed by atoms with Gasteiger partial charge in [0.1, 0.15) is 5.65 Å². The lowest BCUT2D eigenvalue weighted by atomic mass is 10.2. The van der Waals surface area contributed by atoms with E-state index in [1.165, 1.54) is 0 Å². The SMILES string of the molecule is ClCc1ccn2cc(-c3ccccc3)nc2c1. The van der Waals surface area contributed by atoms with E-state index in [0.717, 1.165) is 22.5 Å². The summed E-state index contributed by atoms with van der Waals surface area (Å²) in [6.07, 6.45) is 4.02. The van der Waals surface area contributed by atoms with Gasteiger partial charge in [-0.15, -0.1) is 11.6 Å². The molecule has 3 aromatic rings. The molecule has 3 heteroatoms. The summed E-state index contributed by atoms with van der Waals surface area (Å²) < 4.78 is 2.01. The van der Waals surface area contributed by atoms with Crippen molar-refractivity contribution in [1.29, 1.82) is 0 Å². The summed E-state index contributed by atoms with van der Waals surface area (Å²) in [5, 5.41) is 0. The number of aromatic nitrogens is 2. The third-order valence-electron chi connectivity index (χ3n) is 2.75. The molecule has 0 aliphatic rings. The molecule has 0 atom stereocenters. The predicted molar refractivity (Wildman–Crippen MR) is 70.2 cm³/mol. The Balaban J connectivity index is 2.14. The molecule has 17 heavy (non-hydrogen) atoms. The third-order valence-corrected chi connectivity index (χ3v) is 3.06. The number of pyridine rings is 1. The number of fused-ring (bicyclic) bond motifs is 1. The molecule has 2 nitrogen and oxygen atoms in total. The van der Waals surface area contributed by atoms with Gasteiger partial charge in [-0.1, -0.05) is 30.3 Å². The summed E-state index contributed by atoms with van der Waals surface area (Å²) in [6.45, 7) is 0. The van der Waals surface area contributed by atoms with Gasteiger partial charge in [-0.2, -0.15) is 0 Å². The number of benzene rings is 1. The van der Waals surface area contributed by atoms with Crippen molar-refractivity contribution in [3.8, 4) is 11.3 Å². The van der Waals surface area contributed by atoms with Gasteiger partial charge < -0.3 is 4.40 Å². The maximum Gasteiger partial charge on any atom is 0.137 e. The standard InChI is InChI=1S/C14H11ClN2/c15-9-11-6-7-17-10-13(16-14(17)8-11)12-4-2-1-3-5-12/h1-8,10H,9H2. The van der Waals surface area contributed by atoms with Crippen LogP contribution in [0.3, 0.4) is 0 Å². The molecule has 0 amide bonds. The van der Waals surface area contributed by atoms with E-state index < -0.39 is 0 Å². The van der Waals surface area contributed by atoms with E-state index in [-0.39, 0.29) is 0 Å². The number of alkyl halides is 1. The first-order valence-corrected chi connectivity index (χ1v) is 5.99. The molecular formula is C14H11ClN2. The van der Waals surface area contributed by atoms with E-state index in [4.69, 9.17) is 11.6 Å². The molecule has 0 aliphatic heterocycles. The summed E-state index contributed by atoms with van der Waals surface area (Å²) in [5.74, 6) is 0.518. The third kappa shape index (κ3) is 1.92. The lowest BCUT2D eigenvalue weighted by Gasteiger charge is -1.95. The summed E-state index contributed by atoms with van der Waals surface area (Å²) in [7, 11) is 0. The minimum absolute atomic E-state index is 0.518. The second-order valence-corrected chi connectivity index (χ2v) is 4.19. The van der Waals surface area contributed by atoms with Crippen molar-refractivity contribution in [2.24, 2.45) is 0 Å². The van der Waals surface area contributed by atoms with E-state index in [1.54, 1.807) is 0 Å². The number of hydrogen-bond donors (Lipinski definition) is 0. The lowest BCUT2D eigenvalue weighted by Crippen LogP contribution is -1.84. The molecule has 0 saturated carbocycles. The van der Waals surface area contributed by atoms with Gasteiger partial charge in [0.25, 0.3) is 0 Å². The molecule has 0 N–H and O–H groups in total. The van der Waals surface area contributed by atoms with Crippen LogP contribution in [-0.2, 0) is 5.88 Å². The molecule has 0 aliphatic carbocycles. The van der Waals surface area contributed by atoms with Crippen LogP contribution in [-0.4, -0.2) is 9.38 Å². The second-order valence-electron chi connectivity index (χ2n) is 3.93. The Labute approximate surface area is 104 Å². The molecule has 0 spiro atoms. The van der Waals surface area contributed by atoms with Crippen molar-refractivity contribution < 1.29 is 0 Å². The van der Waals surface area contributed by atoms with Gasteiger partial charge in [0, 0.05) is 23.8 Å². The van der Waals surface area contributed by atoms with Crippen LogP contribution in [0.5, 0.6) is 0 Å². The monoisotopic (exact) mass is 242 g/mol. The van der Waals surface area contributed by atoms with Gasteiger partial charge in [0.2, 0.25) is 0 Å². The molecule has 3 rings (SSSR count). The Morgan fingerprint density at radius 1 is 1.12 bits per heavy atom.